The van der Waals surface area contributed by atoms with Crippen LogP contribution >= 0.6 is 0 Å². The number of amides is 1. The van der Waals surface area contributed by atoms with Crippen LogP contribution < -0.4 is 15.4 Å². The lowest BCUT2D eigenvalue weighted by Crippen LogP contribution is -2.45. The van der Waals surface area contributed by atoms with E-state index in [0.29, 0.717) is 6.54 Å². The van der Waals surface area contributed by atoms with Gasteiger partial charge in [0, 0.05) is 31.4 Å². The number of methoxy groups -OCH3 is 1. The molecule has 1 aliphatic heterocycles. The fraction of sp³-hybridized carbons (Fsp3) is 0.533. The molecule has 1 aliphatic rings. The van der Waals surface area contributed by atoms with E-state index >= 15 is 0 Å². The highest BCUT2D eigenvalue weighted by Gasteiger charge is 2.17. The van der Waals surface area contributed by atoms with Crippen molar-refractivity contribution < 1.29 is 14.3 Å². The molecule has 0 saturated carbocycles. The van der Waals surface area contributed by atoms with Crippen molar-refractivity contribution in [1.82, 2.24) is 10.2 Å². The van der Waals surface area contributed by atoms with E-state index in [1.165, 1.54) is 0 Å². The maximum absolute atomic E-state index is 12.0. The highest BCUT2D eigenvalue weighted by Crippen LogP contribution is 2.16. The van der Waals surface area contributed by atoms with Crippen LogP contribution in [0.3, 0.4) is 0 Å². The van der Waals surface area contributed by atoms with Crippen molar-refractivity contribution in [2.24, 2.45) is 0 Å². The third kappa shape index (κ3) is 5.34. The van der Waals surface area contributed by atoms with Crippen molar-refractivity contribution >= 4 is 11.6 Å². The van der Waals surface area contributed by atoms with E-state index in [-0.39, 0.29) is 12.0 Å². The van der Waals surface area contributed by atoms with Gasteiger partial charge in [0.15, 0.2) is 0 Å². The van der Waals surface area contributed by atoms with Gasteiger partial charge in [0.25, 0.3) is 0 Å². The number of hydrogen-bond donors (Lipinski definition) is 2. The number of carbonyl (C=O) groups is 1. The summed E-state index contributed by atoms with van der Waals surface area (Å²) in [4.78, 5) is 14.0. The summed E-state index contributed by atoms with van der Waals surface area (Å²) in [5, 5.41) is 6.15. The first-order valence-corrected chi connectivity index (χ1v) is 7.12. The summed E-state index contributed by atoms with van der Waals surface area (Å²) in [7, 11) is 3.52. The normalized spacial score (nSPS) is 18.5. The molecule has 0 radical (unpaired) electrons. The number of nitrogens with one attached hydrogen (secondary N) is 2. The Kier molecular flexibility index (Phi) is 5.98. The second-order valence-corrected chi connectivity index (χ2v) is 5.17. The van der Waals surface area contributed by atoms with E-state index in [1.807, 2.05) is 30.1 Å². The summed E-state index contributed by atoms with van der Waals surface area (Å²) >= 11 is 0. The van der Waals surface area contributed by atoms with Crippen molar-refractivity contribution in [3.63, 3.8) is 0 Å². The van der Waals surface area contributed by atoms with Crippen molar-refractivity contribution in [3.8, 4) is 5.75 Å². The van der Waals surface area contributed by atoms with Gasteiger partial charge in [-0.25, -0.2) is 0 Å². The first-order chi connectivity index (χ1) is 10.2. The zero-order chi connectivity index (χ0) is 15.1. The van der Waals surface area contributed by atoms with Crippen molar-refractivity contribution in [3.05, 3.63) is 24.3 Å². The molecule has 6 heteroatoms. The van der Waals surface area contributed by atoms with Crippen LogP contribution in [0.4, 0.5) is 5.69 Å². The average molecular weight is 293 g/mol. The minimum atomic E-state index is -0.0467. The van der Waals surface area contributed by atoms with E-state index in [0.717, 1.165) is 37.7 Å². The predicted octanol–water partition coefficient (Wildman–Crippen LogP) is 0.554. The molecule has 1 unspecified atom stereocenters. The molecule has 0 aliphatic carbocycles. The topological polar surface area (TPSA) is 62.8 Å². The summed E-state index contributed by atoms with van der Waals surface area (Å²) in [6, 6.07) is 7.33. The van der Waals surface area contributed by atoms with E-state index < -0.39 is 0 Å². The first kappa shape index (κ1) is 15.8. The zero-order valence-electron chi connectivity index (χ0n) is 12.6. The number of rotatable bonds is 6. The Morgan fingerprint density at radius 3 is 3.14 bits per heavy atom. The van der Waals surface area contributed by atoms with Gasteiger partial charge >= 0.3 is 0 Å². The van der Waals surface area contributed by atoms with Crippen LogP contribution in [0.25, 0.3) is 0 Å². The molecular formula is C15H23N3O3. The highest BCUT2D eigenvalue weighted by molar-refractivity contribution is 5.92. The molecule has 0 bridgehead atoms. The number of benzene rings is 1. The van der Waals surface area contributed by atoms with Crippen molar-refractivity contribution in [1.29, 1.82) is 0 Å². The van der Waals surface area contributed by atoms with Crippen LogP contribution in [0.1, 0.15) is 0 Å². The minimum absolute atomic E-state index is 0.0467. The number of morpholine rings is 1. The van der Waals surface area contributed by atoms with Crippen molar-refractivity contribution in [2.75, 3.05) is 52.3 Å². The van der Waals surface area contributed by atoms with Gasteiger partial charge in [0.2, 0.25) is 5.91 Å². The summed E-state index contributed by atoms with van der Waals surface area (Å²) in [6.45, 7) is 3.53. The van der Waals surface area contributed by atoms with Crippen LogP contribution in [-0.4, -0.2) is 63.9 Å². The van der Waals surface area contributed by atoms with E-state index in [2.05, 4.69) is 10.6 Å². The first-order valence-electron chi connectivity index (χ1n) is 7.12. The Hall–Kier alpha value is -1.63. The van der Waals surface area contributed by atoms with E-state index in [4.69, 9.17) is 9.47 Å². The van der Waals surface area contributed by atoms with Crippen LogP contribution in [0.2, 0.25) is 0 Å². The Bertz CT molecular complexity index is 461. The molecule has 116 valence electrons. The monoisotopic (exact) mass is 293 g/mol. The largest absolute Gasteiger partial charge is 0.497 e. The fourth-order valence-corrected chi connectivity index (χ4v) is 2.30. The Balaban J connectivity index is 1.77. The maximum atomic E-state index is 12.0. The molecule has 6 nitrogen and oxygen atoms in total. The van der Waals surface area contributed by atoms with E-state index in [9.17, 15) is 4.79 Å². The zero-order valence-corrected chi connectivity index (χ0v) is 12.6. The summed E-state index contributed by atoms with van der Waals surface area (Å²) in [5.74, 6) is 0.678. The lowest BCUT2D eigenvalue weighted by Gasteiger charge is -2.27. The van der Waals surface area contributed by atoms with Crippen LogP contribution in [0.5, 0.6) is 5.75 Å². The number of likely N-dealkylation sites (N-methyl/N-ethyl adjacent to an activating group) is 1. The predicted molar refractivity (Wildman–Crippen MR) is 81.7 cm³/mol. The Labute approximate surface area is 125 Å². The molecule has 1 aromatic rings. The number of carbonyl (C=O) groups excluding carboxylic acids is 1. The molecule has 2 N–H and O–H groups in total. The second-order valence-electron chi connectivity index (χ2n) is 5.17. The number of nitrogens with zero attached hydrogens (tertiary/aromatic N) is 1. The van der Waals surface area contributed by atoms with Gasteiger partial charge in [-0.15, -0.1) is 0 Å². The van der Waals surface area contributed by atoms with Crippen LogP contribution in [-0.2, 0) is 9.53 Å². The lowest BCUT2D eigenvalue weighted by molar-refractivity contribution is -0.117. The lowest BCUT2D eigenvalue weighted by atomic mass is 10.2. The molecule has 1 aromatic carbocycles. The minimum Gasteiger partial charge on any atom is -0.497 e. The summed E-state index contributed by atoms with van der Waals surface area (Å²) < 4.78 is 10.8. The number of ether oxygens (including phenoxy) is 2. The number of anilines is 1. The molecule has 1 atom stereocenters. The molecular weight excluding hydrogens is 270 g/mol. The van der Waals surface area contributed by atoms with Gasteiger partial charge in [-0.05, 0) is 19.2 Å². The smallest absolute Gasteiger partial charge is 0.238 e. The van der Waals surface area contributed by atoms with Gasteiger partial charge in [-0.1, -0.05) is 6.07 Å². The molecule has 1 amide bonds. The van der Waals surface area contributed by atoms with Gasteiger partial charge in [0.1, 0.15) is 5.75 Å². The SMILES string of the molecule is COc1cccc(NC(=O)CN(C)CC2CNCCO2)c1. The maximum Gasteiger partial charge on any atom is 0.238 e. The van der Waals surface area contributed by atoms with Crippen LogP contribution in [0, 0.1) is 0 Å². The van der Waals surface area contributed by atoms with E-state index in [1.54, 1.807) is 13.2 Å². The standard InChI is InChI=1S/C15H23N3O3/c1-18(10-14-9-16-6-7-21-14)11-15(19)17-12-4-3-5-13(8-12)20-2/h3-5,8,14,16H,6-7,9-11H2,1-2H3,(H,17,19). The highest BCUT2D eigenvalue weighted by atomic mass is 16.5. The summed E-state index contributed by atoms with van der Waals surface area (Å²) in [6.07, 6.45) is 0.147. The van der Waals surface area contributed by atoms with Gasteiger partial charge in [-0.2, -0.15) is 0 Å². The van der Waals surface area contributed by atoms with Gasteiger partial charge < -0.3 is 20.1 Å². The molecule has 1 heterocycles. The number of hydrogen-bond acceptors (Lipinski definition) is 5. The molecule has 1 saturated heterocycles. The fourth-order valence-electron chi connectivity index (χ4n) is 2.30. The Morgan fingerprint density at radius 2 is 2.43 bits per heavy atom. The Morgan fingerprint density at radius 1 is 1.57 bits per heavy atom. The van der Waals surface area contributed by atoms with Crippen LogP contribution in [0.15, 0.2) is 24.3 Å². The molecule has 0 spiro atoms. The molecule has 21 heavy (non-hydrogen) atoms. The van der Waals surface area contributed by atoms with Gasteiger partial charge in [-0.3, -0.25) is 9.69 Å². The van der Waals surface area contributed by atoms with Crippen molar-refractivity contribution in [2.45, 2.75) is 6.10 Å². The molecule has 0 aromatic heterocycles. The third-order valence-electron chi connectivity index (χ3n) is 3.29. The quantitative estimate of drug-likeness (QED) is 0.802. The molecule has 2 rings (SSSR count). The summed E-state index contributed by atoms with van der Waals surface area (Å²) in [5.41, 5.74) is 0.739. The average Bonchev–Trinajstić information content (AvgIpc) is 2.48. The third-order valence-corrected chi connectivity index (χ3v) is 3.29. The van der Waals surface area contributed by atoms with Gasteiger partial charge in [0.05, 0.1) is 26.4 Å². The molecule has 1 fully saturated rings. The second kappa shape index (κ2) is 7.97.